The number of hydrogen-bond donors (Lipinski definition) is 0. The van der Waals surface area contributed by atoms with Gasteiger partial charge in [-0.1, -0.05) is 36.0 Å². The van der Waals surface area contributed by atoms with Gasteiger partial charge >= 0.3 is 0 Å². The summed E-state index contributed by atoms with van der Waals surface area (Å²) in [7, 11) is 2.22. The molecule has 1 heterocycles. The van der Waals surface area contributed by atoms with Gasteiger partial charge in [-0.25, -0.2) is 0 Å². The monoisotopic (exact) mass is 189 g/mol. The Labute approximate surface area is 86.8 Å². The lowest BCUT2D eigenvalue weighted by molar-refractivity contribution is 0.395. The first-order valence-electron chi connectivity index (χ1n) is 5.55. The minimum atomic E-state index is 0.883. The maximum atomic E-state index is 2.43. The zero-order valence-electron chi connectivity index (χ0n) is 8.95. The van der Waals surface area contributed by atoms with E-state index in [2.05, 4.69) is 42.3 Å². The molecule has 1 heteroatoms. The van der Waals surface area contributed by atoms with Crippen LogP contribution < -0.4 is 0 Å². The third-order valence-corrected chi connectivity index (χ3v) is 3.09. The SMILES string of the molecule is CN1CCC(CC2=CCC=CC=C2)C1. The third kappa shape index (κ3) is 2.58. The van der Waals surface area contributed by atoms with Gasteiger partial charge in [0.1, 0.15) is 0 Å². The molecule has 1 unspecified atom stereocenters. The summed E-state index contributed by atoms with van der Waals surface area (Å²) in [6.07, 6.45) is 14.9. The molecule has 0 radical (unpaired) electrons. The molecule has 2 aliphatic rings. The van der Waals surface area contributed by atoms with Crippen LogP contribution in [0, 0.1) is 5.92 Å². The summed E-state index contributed by atoms with van der Waals surface area (Å²) in [4.78, 5) is 2.43. The Morgan fingerprint density at radius 2 is 2.36 bits per heavy atom. The van der Waals surface area contributed by atoms with Gasteiger partial charge in [0, 0.05) is 6.54 Å². The predicted molar refractivity (Wildman–Crippen MR) is 61.2 cm³/mol. The topological polar surface area (TPSA) is 3.24 Å². The normalized spacial score (nSPS) is 27.8. The van der Waals surface area contributed by atoms with Crippen molar-refractivity contribution in [1.29, 1.82) is 0 Å². The number of likely N-dealkylation sites (tertiary alicyclic amines) is 1. The summed E-state index contributed by atoms with van der Waals surface area (Å²) in [6, 6.07) is 0. The van der Waals surface area contributed by atoms with Crippen LogP contribution in [-0.2, 0) is 0 Å². The van der Waals surface area contributed by atoms with Gasteiger partial charge in [-0.2, -0.15) is 0 Å². The third-order valence-electron chi connectivity index (χ3n) is 3.09. The van der Waals surface area contributed by atoms with Crippen molar-refractivity contribution < 1.29 is 0 Å². The first-order valence-corrected chi connectivity index (χ1v) is 5.55. The van der Waals surface area contributed by atoms with Gasteiger partial charge in [-0.15, -0.1) is 0 Å². The minimum absolute atomic E-state index is 0.883. The fourth-order valence-electron chi connectivity index (χ4n) is 2.30. The molecule has 0 aromatic heterocycles. The molecule has 0 aromatic carbocycles. The lowest BCUT2D eigenvalue weighted by Crippen LogP contribution is -2.14. The van der Waals surface area contributed by atoms with Crippen molar-refractivity contribution in [2.45, 2.75) is 19.3 Å². The van der Waals surface area contributed by atoms with E-state index in [0.29, 0.717) is 0 Å². The Morgan fingerprint density at radius 3 is 3.14 bits per heavy atom. The molecule has 2 rings (SSSR count). The molecule has 1 nitrogen and oxygen atoms in total. The summed E-state index contributed by atoms with van der Waals surface area (Å²) >= 11 is 0. The Balaban J connectivity index is 1.88. The summed E-state index contributed by atoms with van der Waals surface area (Å²) in [5.41, 5.74) is 1.52. The molecule has 14 heavy (non-hydrogen) atoms. The van der Waals surface area contributed by atoms with E-state index in [1.54, 1.807) is 0 Å². The molecule has 76 valence electrons. The maximum Gasteiger partial charge on any atom is 0.00103 e. The first kappa shape index (κ1) is 9.72. The Morgan fingerprint density at radius 1 is 1.43 bits per heavy atom. The number of allylic oxidation sites excluding steroid dienone is 6. The van der Waals surface area contributed by atoms with Crippen LogP contribution in [0.15, 0.2) is 36.0 Å². The molecule has 1 aliphatic carbocycles. The van der Waals surface area contributed by atoms with E-state index in [1.165, 1.54) is 31.5 Å². The highest BCUT2D eigenvalue weighted by Gasteiger charge is 2.19. The van der Waals surface area contributed by atoms with Crippen molar-refractivity contribution in [3.63, 3.8) is 0 Å². The second-order valence-electron chi connectivity index (χ2n) is 4.42. The van der Waals surface area contributed by atoms with Gasteiger partial charge in [-0.05, 0) is 38.8 Å². The van der Waals surface area contributed by atoms with Gasteiger partial charge in [0.15, 0.2) is 0 Å². The smallest absolute Gasteiger partial charge is 0.00103 e. The Hall–Kier alpha value is -0.820. The van der Waals surface area contributed by atoms with Gasteiger partial charge in [0.25, 0.3) is 0 Å². The lowest BCUT2D eigenvalue weighted by atomic mass is 9.98. The standard InChI is InChI=1S/C13H19N/c1-14-9-8-13(11-14)10-12-6-4-2-3-5-7-12/h2-4,6-7,13H,5,8-11H2,1H3. The van der Waals surface area contributed by atoms with E-state index in [1.807, 2.05) is 0 Å². The van der Waals surface area contributed by atoms with Crippen molar-refractivity contribution >= 4 is 0 Å². The van der Waals surface area contributed by atoms with Gasteiger partial charge in [-0.3, -0.25) is 0 Å². The zero-order chi connectivity index (χ0) is 9.80. The highest BCUT2D eigenvalue weighted by Crippen LogP contribution is 2.23. The number of rotatable bonds is 2. The van der Waals surface area contributed by atoms with Crippen LogP contribution in [-0.4, -0.2) is 25.0 Å². The minimum Gasteiger partial charge on any atom is -0.306 e. The van der Waals surface area contributed by atoms with Crippen LogP contribution in [0.5, 0.6) is 0 Å². The molecule has 0 spiro atoms. The largest absolute Gasteiger partial charge is 0.306 e. The summed E-state index contributed by atoms with van der Waals surface area (Å²) in [5, 5.41) is 0. The van der Waals surface area contributed by atoms with Crippen molar-refractivity contribution in [3.05, 3.63) is 36.0 Å². The summed E-state index contributed by atoms with van der Waals surface area (Å²) < 4.78 is 0. The van der Waals surface area contributed by atoms with Crippen molar-refractivity contribution in [3.8, 4) is 0 Å². The fraction of sp³-hybridized carbons (Fsp3) is 0.538. The van der Waals surface area contributed by atoms with Crippen LogP contribution in [0.2, 0.25) is 0 Å². The molecule has 0 amide bonds. The molecular formula is C13H19N. The van der Waals surface area contributed by atoms with E-state index >= 15 is 0 Å². The molecule has 0 bridgehead atoms. The van der Waals surface area contributed by atoms with Crippen molar-refractivity contribution in [2.75, 3.05) is 20.1 Å². The van der Waals surface area contributed by atoms with Crippen molar-refractivity contribution in [1.82, 2.24) is 4.90 Å². The van der Waals surface area contributed by atoms with E-state index in [-0.39, 0.29) is 0 Å². The van der Waals surface area contributed by atoms with Crippen LogP contribution >= 0.6 is 0 Å². The van der Waals surface area contributed by atoms with Crippen LogP contribution in [0.3, 0.4) is 0 Å². The zero-order valence-corrected chi connectivity index (χ0v) is 8.95. The molecule has 0 aromatic rings. The summed E-state index contributed by atoms with van der Waals surface area (Å²) in [6.45, 7) is 2.55. The van der Waals surface area contributed by atoms with E-state index < -0.39 is 0 Å². The van der Waals surface area contributed by atoms with Gasteiger partial charge in [0.2, 0.25) is 0 Å². The second kappa shape index (κ2) is 4.61. The first-order chi connectivity index (χ1) is 6.84. The molecule has 0 N–H and O–H groups in total. The molecule has 1 fully saturated rings. The fourth-order valence-corrected chi connectivity index (χ4v) is 2.30. The Kier molecular flexibility index (Phi) is 3.20. The van der Waals surface area contributed by atoms with Crippen LogP contribution in [0.1, 0.15) is 19.3 Å². The van der Waals surface area contributed by atoms with Crippen molar-refractivity contribution in [2.24, 2.45) is 5.92 Å². The average molecular weight is 189 g/mol. The number of hydrogen-bond acceptors (Lipinski definition) is 1. The molecule has 0 saturated carbocycles. The average Bonchev–Trinajstić information content (AvgIpc) is 2.43. The highest BCUT2D eigenvalue weighted by molar-refractivity contribution is 5.26. The second-order valence-corrected chi connectivity index (χ2v) is 4.42. The van der Waals surface area contributed by atoms with Crippen LogP contribution in [0.4, 0.5) is 0 Å². The van der Waals surface area contributed by atoms with E-state index in [0.717, 1.165) is 12.3 Å². The molecule has 1 atom stereocenters. The van der Waals surface area contributed by atoms with Gasteiger partial charge in [0.05, 0.1) is 0 Å². The Bertz CT molecular complexity index is 273. The van der Waals surface area contributed by atoms with Crippen LogP contribution in [0.25, 0.3) is 0 Å². The molecule has 1 saturated heterocycles. The molecular weight excluding hydrogens is 170 g/mol. The maximum absolute atomic E-state index is 2.43. The lowest BCUT2D eigenvalue weighted by Gasteiger charge is -2.10. The predicted octanol–water partition coefficient (Wildman–Crippen LogP) is 2.77. The van der Waals surface area contributed by atoms with E-state index in [4.69, 9.17) is 0 Å². The highest BCUT2D eigenvalue weighted by atomic mass is 15.1. The number of nitrogens with zero attached hydrogens (tertiary/aromatic N) is 1. The molecule has 1 aliphatic heterocycles. The van der Waals surface area contributed by atoms with E-state index in [9.17, 15) is 0 Å². The quantitative estimate of drug-likeness (QED) is 0.645. The summed E-state index contributed by atoms with van der Waals surface area (Å²) in [5.74, 6) is 0.883. The van der Waals surface area contributed by atoms with Gasteiger partial charge < -0.3 is 4.90 Å².